The lowest BCUT2D eigenvalue weighted by Crippen LogP contribution is -2.64. The molecule has 2 fully saturated rings. The number of hydrogen-bond acceptors (Lipinski definition) is 12. The maximum absolute atomic E-state index is 13.0. The molecule has 3 rings (SSSR count). The summed E-state index contributed by atoms with van der Waals surface area (Å²) in [6.07, 6.45) is -3.74. The van der Waals surface area contributed by atoms with E-state index < -0.39 is 83.4 Å². The summed E-state index contributed by atoms with van der Waals surface area (Å²) in [5, 5.41) is 23.7. The van der Waals surface area contributed by atoms with Crippen LogP contribution in [0.2, 0.25) is 0 Å². The smallest absolute Gasteiger partial charge is 0.341 e. The molecule has 12 heteroatoms. The molecule has 1 saturated heterocycles. The third-order valence-corrected chi connectivity index (χ3v) is 8.48. The minimum atomic E-state index is -2.57. The largest absolute Gasteiger partial charge is 0.459 e. The van der Waals surface area contributed by atoms with Gasteiger partial charge in [-0.05, 0) is 58.6 Å². The van der Waals surface area contributed by atoms with E-state index in [1.165, 1.54) is 6.92 Å². The van der Waals surface area contributed by atoms with Crippen molar-refractivity contribution in [1.82, 2.24) is 0 Å². The van der Waals surface area contributed by atoms with Crippen molar-refractivity contribution in [1.29, 1.82) is 0 Å². The third-order valence-electron chi connectivity index (χ3n) is 8.48. The van der Waals surface area contributed by atoms with E-state index in [9.17, 15) is 34.2 Å². The van der Waals surface area contributed by atoms with Crippen molar-refractivity contribution in [3.63, 3.8) is 0 Å². The normalized spacial score (nSPS) is 35.9. The third kappa shape index (κ3) is 5.58. The van der Waals surface area contributed by atoms with Crippen LogP contribution in [-0.2, 0) is 47.7 Å². The van der Waals surface area contributed by atoms with Gasteiger partial charge in [-0.2, -0.15) is 0 Å². The molecule has 0 aromatic heterocycles. The van der Waals surface area contributed by atoms with Crippen LogP contribution in [0.4, 0.5) is 0 Å². The first-order chi connectivity index (χ1) is 19.5. The second-order valence-corrected chi connectivity index (χ2v) is 11.6. The van der Waals surface area contributed by atoms with Gasteiger partial charge in [-0.3, -0.25) is 14.4 Å². The molecular weight excluding hydrogens is 552 g/mol. The highest BCUT2D eigenvalue weighted by Gasteiger charge is 2.76. The molecule has 1 aliphatic heterocycles. The van der Waals surface area contributed by atoms with Gasteiger partial charge in [-0.25, -0.2) is 9.59 Å². The molecule has 0 spiro atoms. The second kappa shape index (κ2) is 12.2. The van der Waals surface area contributed by atoms with Crippen molar-refractivity contribution in [2.24, 2.45) is 5.92 Å². The van der Waals surface area contributed by atoms with Gasteiger partial charge in [0.15, 0.2) is 29.5 Å². The van der Waals surface area contributed by atoms with Gasteiger partial charge >= 0.3 is 29.8 Å². The predicted octanol–water partition coefficient (Wildman–Crippen LogP) is 2.37. The fourth-order valence-corrected chi connectivity index (χ4v) is 6.23. The number of carbonyl (C=O) groups is 5. The molecule has 1 saturated carbocycles. The van der Waals surface area contributed by atoms with E-state index in [0.717, 1.165) is 13.8 Å². The van der Waals surface area contributed by atoms with Crippen molar-refractivity contribution >= 4 is 29.8 Å². The molecule has 1 heterocycles. The number of allylic oxidation sites excluding steroid dienone is 1. The Hall–Kier alpha value is -3.25. The van der Waals surface area contributed by atoms with Gasteiger partial charge in [0, 0.05) is 31.8 Å². The van der Waals surface area contributed by atoms with Gasteiger partial charge < -0.3 is 33.9 Å². The summed E-state index contributed by atoms with van der Waals surface area (Å²) in [5.74, 6) is -5.09. The van der Waals surface area contributed by atoms with Crippen LogP contribution in [0, 0.1) is 5.92 Å². The predicted molar refractivity (Wildman–Crippen MR) is 145 cm³/mol. The first-order valence-corrected chi connectivity index (χ1v) is 14.3. The van der Waals surface area contributed by atoms with Gasteiger partial charge in [0.25, 0.3) is 0 Å². The average molecular weight is 595 g/mol. The molecule has 2 aliphatic carbocycles. The van der Waals surface area contributed by atoms with Crippen LogP contribution in [0.25, 0.3) is 0 Å². The van der Waals surface area contributed by atoms with Crippen molar-refractivity contribution in [2.75, 3.05) is 0 Å². The standard InChI is InChI=1S/C30H42O12/c1-9-12-19(32)38-18-14-28(7,42-17(6)31)22-21(25-30(18,37)29(8,36)27(35)41-25)16(5)23(40-26(34)15(4)11-3)24(22)39-20(33)13-10-2/h11,18,22-25,36-37H,9-10,12-14H2,1-8H3. The molecule has 0 radical (unpaired) electrons. The fourth-order valence-electron chi connectivity index (χ4n) is 6.23. The average Bonchev–Trinajstić information content (AvgIpc) is 3.22. The molecular formula is C30H42O12. The van der Waals surface area contributed by atoms with Gasteiger partial charge in [0.1, 0.15) is 11.7 Å². The molecule has 0 amide bonds. The molecule has 0 bridgehead atoms. The Morgan fingerprint density at radius 2 is 1.57 bits per heavy atom. The van der Waals surface area contributed by atoms with Crippen LogP contribution in [-0.4, -0.2) is 81.3 Å². The van der Waals surface area contributed by atoms with Crippen LogP contribution in [0.3, 0.4) is 0 Å². The SMILES string of the molecule is CC=C(C)C(=O)OC1C(C)=C2C(C1OC(=O)CCC)C(C)(OC(C)=O)CC(OC(=O)CCC)C1(O)C2OC(=O)C1(C)O. The number of ether oxygens (including phenoxy) is 5. The van der Waals surface area contributed by atoms with E-state index in [0.29, 0.717) is 12.8 Å². The van der Waals surface area contributed by atoms with Crippen LogP contribution in [0.1, 0.15) is 87.5 Å². The van der Waals surface area contributed by atoms with Crippen molar-refractivity contribution < 1.29 is 57.9 Å². The zero-order valence-corrected chi connectivity index (χ0v) is 25.5. The fraction of sp³-hybridized carbons (Fsp3) is 0.700. The lowest BCUT2D eigenvalue weighted by Gasteiger charge is -2.41. The van der Waals surface area contributed by atoms with Crippen LogP contribution >= 0.6 is 0 Å². The Labute approximate surface area is 245 Å². The Morgan fingerprint density at radius 3 is 2.10 bits per heavy atom. The number of rotatable bonds is 9. The molecule has 2 N–H and O–H groups in total. The Morgan fingerprint density at radius 1 is 1.00 bits per heavy atom. The lowest BCUT2D eigenvalue weighted by atomic mass is 9.75. The summed E-state index contributed by atoms with van der Waals surface area (Å²) in [6, 6.07) is 0. The topological polar surface area (TPSA) is 172 Å². The van der Waals surface area contributed by atoms with Gasteiger partial charge in [-0.15, -0.1) is 0 Å². The summed E-state index contributed by atoms with van der Waals surface area (Å²) in [7, 11) is 0. The van der Waals surface area contributed by atoms with E-state index >= 15 is 0 Å². The lowest BCUT2D eigenvalue weighted by molar-refractivity contribution is -0.212. The minimum Gasteiger partial charge on any atom is -0.459 e. The number of fused-ring (bicyclic) bond motifs is 3. The number of aliphatic hydroxyl groups is 2. The first-order valence-electron chi connectivity index (χ1n) is 14.3. The van der Waals surface area contributed by atoms with Gasteiger partial charge in [0.2, 0.25) is 0 Å². The van der Waals surface area contributed by atoms with Crippen molar-refractivity contribution in [3.8, 4) is 0 Å². The molecule has 8 atom stereocenters. The molecule has 234 valence electrons. The maximum Gasteiger partial charge on any atom is 0.341 e. The Bertz CT molecular complexity index is 1200. The first kappa shape index (κ1) is 33.3. The van der Waals surface area contributed by atoms with E-state index in [1.54, 1.807) is 40.7 Å². The zero-order chi connectivity index (χ0) is 31.8. The van der Waals surface area contributed by atoms with E-state index in [-0.39, 0.29) is 29.6 Å². The summed E-state index contributed by atoms with van der Waals surface area (Å²) >= 11 is 0. The second-order valence-electron chi connectivity index (χ2n) is 11.6. The molecule has 8 unspecified atom stereocenters. The summed E-state index contributed by atoms with van der Waals surface area (Å²) in [4.78, 5) is 64.2. The highest BCUT2D eigenvalue weighted by Crippen LogP contribution is 2.57. The number of carbonyl (C=O) groups excluding carboxylic acids is 5. The Balaban J connectivity index is 2.33. The van der Waals surface area contributed by atoms with Crippen LogP contribution in [0.5, 0.6) is 0 Å². The molecule has 42 heavy (non-hydrogen) atoms. The molecule has 0 aromatic carbocycles. The van der Waals surface area contributed by atoms with Crippen LogP contribution < -0.4 is 0 Å². The van der Waals surface area contributed by atoms with E-state index in [2.05, 4.69) is 0 Å². The van der Waals surface area contributed by atoms with Crippen molar-refractivity contribution in [3.05, 3.63) is 22.8 Å². The van der Waals surface area contributed by atoms with Crippen LogP contribution in [0.15, 0.2) is 22.8 Å². The highest BCUT2D eigenvalue weighted by atomic mass is 16.6. The monoisotopic (exact) mass is 594 g/mol. The highest BCUT2D eigenvalue weighted by molar-refractivity contribution is 5.88. The molecule has 12 nitrogen and oxygen atoms in total. The molecule has 3 aliphatic rings. The Kier molecular flexibility index (Phi) is 9.63. The quantitative estimate of drug-likeness (QED) is 0.173. The summed E-state index contributed by atoms with van der Waals surface area (Å²) < 4.78 is 28.9. The van der Waals surface area contributed by atoms with Gasteiger partial charge in [-0.1, -0.05) is 19.9 Å². The van der Waals surface area contributed by atoms with Gasteiger partial charge in [0.05, 0.1) is 5.92 Å². The summed E-state index contributed by atoms with van der Waals surface area (Å²) in [5.41, 5.74) is -6.13. The zero-order valence-electron chi connectivity index (χ0n) is 25.5. The number of hydrogen-bond donors (Lipinski definition) is 2. The van der Waals surface area contributed by atoms with E-state index in [4.69, 9.17) is 23.7 Å². The van der Waals surface area contributed by atoms with E-state index in [1.807, 2.05) is 0 Å². The molecule has 0 aromatic rings. The summed E-state index contributed by atoms with van der Waals surface area (Å²) in [6.45, 7) is 12.0. The number of esters is 5. The van der Waals surface area contributed by atoms with Crippen molar-refractivity contribution in [2.45, 2.75) is 129 Å². The minimum absolute atomic E-state index is 0.0246. The maximum atomic E-state index is 13.0.